The molecular formula is C15H22N6O2. The van der Waals surface area contributed by atoms with Gasteiger partial charge in [-0.05, 0) is 25.7 Å². The predicted octanol–water partition coefficient (Wildman–Crippen LogP) is 1.82. The topological polar surface area (TPSA) is 89.9 Å². The van der Waals surface area contributed by atoms with E-state index in [9.17, 15) is 4.79 Å². The molecule has 0 saturated heterocycles. The van der Waals surface area contributed by atoms with E-state index < -0.39 is 0 Å². The molecule has 23 heavy (non-hydrogen) atoms. The first-order valence-corrected chi connectivity index (χ1v) is 8.07. The fraction of sp³-hybridized carbons (Fsp3) is 0.667. The van der Waals surface area contributed by atoms with Crippen LogP contribution in [-0.4, -0.2) is 43.2 Å². The second-order valence-corrected chi connectivity index (χ2v) is 6.29. The monoisotopic (exact) mass is 318 g/mol. The lowest BCUT2D eigenvalue weighted by atomic mass is 9.89. The van der Waals surface area contributed by atoms with Gasteiger partial charge in [-0.25, -0.2) is 4.63 Å². The zero-order valence-electron chi connectivity index (χ0n) is 13.6. The zero-order valence-corrected chi connectivity index (χ0v) is 13.6. The van der Waals surface area contributed by atoms with E-state index in [0.29, 0.717) is 29.5 Å². The molecule has 0 spiro atoms. The van der Waals surface area contributed by atoms with E-state index in [1.807, 2.05) is 0 Å². The Hall–Kier alpha value is -2.25. The molecule has 1 amide bonds. The van der Waals surface area contributed by atoms with Crippen molar-refractivity contribution < 1.29 is 9.42 Å². The molecule has 2 aromatic rings. The van der Waals surface area contributed by atoms with Crippen molar-refractivity contribution in [3.63, 3.8) is 0 Å². The van der Waals surface area contributed by atoms with Crippen LogP contribution in [0.4, 0.5) is 0 Å². The summed E-state index contributed by atoms with van der Waals surface area (Å²) in [5, 5.41) is 15.6. The van der Waals surface area contributed by atoms with Crippen molar-refractivity contribution in [2.24, 2.45) is 5.92 Å². The third kappa shape index (κ3) is 3.75. The third-order valence-electron chi connectivity index (χ3n) is 4.41. The highest BCUT2D eigenvalue weighted by molar-refractivity contribution is 5.91. The standard InChI is InChI=1S/C15H22N6O2/c1-11-13(18-23-17-11)9-20(2)15(22)14-10-21(19-16-14)8-12-6-4-3-5-7-12/h10,12H,3-9H2,1-2H3. The van der Waals surface area contributed by atoms with E-state index in [1.54, 1.807) is 29.7 Å². The Morgan fingerprint density at radius 3 is 2.83 bits per heavy atom. The molecule has 124 valence electrons. The summed E-state index contributed by atoms with van der Waals surface area (Å²) in [6.45, 7) is 2.98. The zero-order chi connectivity index (χ0) is 16.2. The molecule has 8 heteroatoms. The molecule has 1 aliphatic carbocycles. The highest BCUT2D eigenvalue weighted by Crippen LogP contribution is 2.24. The molecule has 0 bridgehead atoms. The summed E-state index contributed by atoms with van der Waals surface area (Å²) in [5.74, 6) is 0.470. The van der Waals surface area contributed by atoms with Gasteiger partial charge in [-0.1, -0.05) is 34.8 Å². The van der Waals surface area contributed by atoms with Gasteiger partial charge in [-0.2, -0.15) is 0 Å². The molecule has 0 atom stereocenters. The maximum absolute atomic E-state index is 12.4. The van der Waals surface area contributed by atoms with E-state index in [-0.39, 0.29) is 5.91 Å². The highest BCUT2D eigenvalue weighted by Gasteiger charge is 2.20. The van der Waals surface area contributed by atoms with Gasteiger partial charge in [0.1, 0.15) is 11.4 Å². The third-order valence-corrected chi connectivity index (χ3v) is 4.41. The number of carbonyl (C=O) groups is 1. The Morgan fingerprint density at radius 2 is 2.13 bits per heavy atom. The van der Waals surface area contributed by atoms with Crippen LogP contribution in [-0.2, 0) is 13.1 Å². The highest BCUT2D eigenvalue weighted by atomic mass is 16.6. The van der Waals surface area contributed by atoms with Crippen molar-refractivity contribution in [1.29, 1.82) is 0 Å². The van der Waals surface area contributed by atoms with Crippen molar-refractivity contribution in [3.8, 4) is 0 Å². The lowest BCUT2D eigenvalue weighted by molar-refractivity contribution is 0.0776. The normalized spacial score (nSPS) is 15.7. The molecule has 1 aliphatic rings. The SMILES string of the molecule is Cc1nonc1CN(C)C(=O)c1cn(CC2CCCCC2)nn1. The van der Waals surface area contributed by atoms with Crippen LogP contribution in [0.2, 0.25) is 0 Å². The summed E-state index contributed by atoms with van der Waals surface area (Å²) in [4.78, 5) is 14.0. The van der Waals surface area contributed by atoms with Gasteiger partial charge in [0.25, 0.3) is 5.91 Å². The summed E-state index contributed by atoms with van der Waals surface area (Å²) in [6, 6.07) is 0. The average molecular weight is 318 g/mol. The molecule has 3 rings (SSSR count). The predicted molar refractivity (Wildman–Crippen MR) is 81.4 cm³/mol. The van der Waals surface area contributed by atoms with Crippen LogP contribution in [0.1, 0.15) is 54.0 Å². The number of hydrogen-bond donors (Lipinski definition) is 0. The minimum atomic E-state index is -0.178. The van der Waals surface area contributed by atoms with Crippen molar-refractivity contribution in [1.82, 2.24) is 30.2 Å². The number of hydrogen-bond acceptors (Lipinski definition) is 6. The van der Waals surface area contributed by atoms with E-state index >= 15 is 0 Å². The quantitative estimate of drug-likeness (QED) is 0.835. The van der Waals surface area contributed by atoms with Crippen molar-refractivity contribution in [3.05, 3.63) is 23.3 Å². The van der Waals surface area contributed by atoms with Crippen LogP contribution in [0.25, 0.3) is 0 Å². The van der Waals surface area contributed by atoms with Gasteiger partial charge in [-0.3, -0.25) is 9.48 Å². The van der Waals surface area contributed by atoms with E-state index in [4.69, 9.17) is 0 Å². The number of carbonyl (C=O) groups excluding carboxylic acids is 1. The average Bonchev–Trinajstić information content (AvgIpc) is 3.17. The molecule has 8 nitrogen and oxygen atoms in total. The van der Waals surface area contributed by atoms with Crippen LogP contribution in [0.5, 0.6) is 0 Å². The first-order chi connectivity index (χ1) is 11.1. The molecule has 0 aliphatic heterocycles. The van der Waals surface area contributed by atoms with Crippen molar-refractivity contribution >= 4 is 5.91 Å². The van der Waals surface area contributed by atoms with E-state index in [1.165, 1.54) is 32.1 Å². The molecular weight excluding hydrogens is 296 g/mol. The lowest BCUT2D eigenvalue weighted by Crippen LogP contribution is -2.27. The largest absolute Gasteiger partial charge is 0.334 e. The van der Waals surface area contributed by atoms with Crippen LogP contribution in [0.15, 0.2) is 10.8 Å². The van der Waals surface area contributed by atoms with Crippen LogP contribution < -0.4 is 0 Å². The Labute approximate surface area is 134 Å². The fourth-order valence-electron chi connectivity index (χ4n) is 3.00. The Morgan fingerprint density at radius 1 is 1.35 bits per heavy atom. The summed E-state index contributed by atoms with van der Waals surface area (Å²) >= 11 is 0. The molecule has 0 N–H and O–H groups in total. The van der Waals surface area contributed by atoms with Crippen molar-refractivity contribution in [2.45, 2.75) is 52.1 Å². The fourth-order valence-corrected chi connectivity index (χ4v) is 3.00. The second-order valence-electron chi connectivity index (χ2n) is 6.29. The van der Waals surface area contributed by atoms with Crippen LogP contribution >= 0.6 is 0 Å². The van der Waals surface area contributed by atoms with Gasteiger partial charge >= 0.3 is 0 Å². The van der Waals surface area contributed by atoms with Crippen LogP contribution in [0, 0.1) is 12.8 Å². The Kier molecular flexibility index (Phi) is 4.68. The molecule has 1 fully saturated rings. The van der Waals surface area contributed by atoms with Gasteiger partial charge in [0, 0.05) is 13.6 Å². The maximum atomic E-state index is 12.4. The first-order valence-electron chi connectivity index (χ1n) is 8.07. The Bertz CT molecular complexity index is 658. The van der Waals surface area contributed by atoms with E-state index in [0.717, 1.165) is 6.54 Å². The second kappa shape index (κ2) is 6.89. The number of nitrogens with zero attached hydrogens (tertiary/aromatic N) is 6. The minimum Gasteiger partial charge on any atom is -0.334 e. The summed E-state index contributed by atoms with van der Waals surface area (Å²) in [6.07, 6.45) is 8.13. The minimum absolute atomic E-state index is 0.178. The first kappa shape index (κ1) is 15.6. The van der Waals surface area contributed by atoms with E-state index in [2.05, 4.69) is 25.3 Å². The smallest absolute Gasteiger partial charge is 0.276 e. The summed E-state index contributed by atoms with van der Waals surface area (Å²) in [7, 11) is 1.70. The van der Waals surface area contributed by atoms with Crippen LogP contribution in [0.3, 0.4) is 0 Å². The number of rotatable bonds is 5. The molecule has 2 aromatic heterocycles. The number of aryl methyl sites for hydroxylation is 1. The maximum Gasteiger partial charge on any atom is 0.276 e. The molecule has 0 unspecified atom stereocenters. The van der Waals surface area contributed by atoms with Crippen molar-refractivity contribution in [2.75, 3.05) is 7.05 Å². The van der Waals surface area contributed by atoms with Gasteiger partial charge in [0.05, 0.1) is 12.7 Å². The molecule has 1 saturated carbocycles. The lowest BCUT2D eigenvalue weighted by Gasteiger charge is -2.20. The molecule has 0 radical (unpaired) electrons. The summed E-state index contributed by atoms with van der Waals surface area (Å²) < 4.78 is 6.44. The van der Waals surface area contributed by atoms with Gasteiger partial charge in [0.2, 0.25) is 0 Å². The van der Waals surface area contributed by atoms with Gasteiger partial charge < -0.3 is 4.90 Å². The summed E-state index contributed by atoms with van der Waals surface area (Å²) in [5.41, 5.74) is 1.69. The molecule has 0 aromatic carbocycles. The van der Waals surface area contributed by atoms with Gasteiger partial charge in [-0.15, -0.1) is 5.10 Å². The Balaban J connectivity index is 1.60. The number of amides is 1. The molecule has 2 heterocycles. The number of aromatic nitrogens is 5. The van der Waals surface area contributed by atoms with Gasteiger partial charge in [0.15, 0.2) is 5.69 Å².